The molecule has 1 saturated heterocycles. The minimum atomic E-state index is -0.406. The van der Waals surface area contributed by atoms with Crippen molar-refractivity contribution in [1.29, 1.82) is 0 Å². The first-order valence-corrected chi connectivity index (χ1v) is 9.31. The molecule has 5 nitrogen and oxygen atoms in total. The Hall–Kier alpha value is -2.60. The number of anilines is 1. The second-order valence-electron chi connectivity index (χ2n) is 6.79. The van der Waals surface area contributed by atoms with Crippen LogP contribution in [-0.4, -0.2) is 36.0 Å². The van der Waals surface area contributed by atoms with Crippen LogP contribution in [0.25, 0.3) is 0 Å². The molecule has 0 bridgehead atoms. The van der Waals surface area contributed by atoms with Crippen molar-refractivity contribution in [2.75, 3.05) is 18.0 Å². The van der Waals surface area contributed by atoms with Gasteiger partial charge in [0.05, 0.1) is 6.54 Å². The molecule has 140 valence electrons. The first-order valence-electron chi connectivity index (χ1n) is 8.94. The van der Waals surface area contributed by atoms with Crippen molar-refractivity contribution < 1.29 is 14.0 Å². The van der Waals surface area contributed by atoms with Crippen LogP contribution in [0.3, 0.4) is 0 Å². The zero-order valence-electron chi connectivity index (χ0n) is 14.6. The van der Waals surface area contributed by atoms with Gasteiger partial charge in [0.2, 0.25) is 0 Å². The topological polar surface area (TPSA) is 52.7 Å². The quantitative estimate of drug-likeness (QED) is 0.848. The van der Waals surface area contributed by atoms with Crippen molar-refractivity contribution in [3.8, 4) is 0 Å². The molecule has 0 radical (unpaired) electrons. The van der Waals surface area contributed by atoms with Crippen molar-refractivity contribution in [3.05, 3.63) is 64.4 Å². The van der Waals surface area contributed by atoms with Gasteiger partial charge in [0.15, 0.2) is 0 Å². The molecular formula is C20H19ClFN3O2. The molecule has 2 aromatic carbocycles. The Morgan fingerprint density at radius 2 is 1.96 bits per heavy atom. The predicted molar refractivity (Wildman–Crippen MR) is 101 cm³/mol. The van der Waals surface area contributed by atoms with Crippen LogP contribution in [0.5, 0.6) is 0 Å². The van der Waals surface area contributed by atoms with Crippen LogP contribution in [-0.2, 0) is 6.54 Å². The molecule has 7 heteroatoms. The average molecular weight is 388 g/mol. The smallest absolute Gasteiger partial charge is 0.321 e. The molecule has 1 aliphatic heterocycles. The van der Waals surface area contributed by atoms with E-state index in [1.807, 2.05) is 0 Å². The minimum Gasteiger partial charge on any atom is -0.336 e. The summed E-state index contributed by atoms with van der Waals surface area (Å²) in [4.78, 5) is 28.1. The largest absolute Gasteiger partial charge is 0.336 e. The summed E-state index contributed by atoms with van der Waals surface area (Å²) in [5.41, 5.74) is 1.60. The fourth-order valence-corrected chi connectivity index (χ4v) is 3.50. The fraction of sp³-hybridized carbons (Fsp3) is 0.300. The van der Waals surface area contributed by atoms with Crippen LogP contribution in [0.4, 0.5) is 14.9 Å². The third-order valence-electron chi connectivity index (χ3n) is 4.92. The number of halogens is 2. The highest BCUT2D eigenvalue weighted by atomic mass is 35.5. The van der Waals surface area contributed by atoms with Gasteiger partial charge >= 0.3 is 6.03 Å². The number of urea groups is 1. The number of nitrogens with zero attached hydrogens (tertiary/aromatic N) is 2. The van der Waals surface area contributed by atoms with Crippen LogP contribution in [0.1, 0.15) is 28.8 Å². The van der Waals surface area contributed by atoms with Crippen LogP contribution in [0.15, 0.2) is 42.5 Å². The molecule has 27 heavy (non-hydrogen) atoms. The van der Waals surface area contributed by atoms with Gasteiger partial charge in [0.25, 0.3) is 5.91 Å². The molecule has 3 amide bonds. The molecule has 2 aliphatic rings. The molecule has 0 aromatic heterocycles. The Kier molecular flexibility index (Phi) is 4.74. The van der Waals surface area contributed by atoms with E-state index in [9.17, 15) is 14.0 Å². The summed E-state index contributed by atoms with van der Waals surface area (Å²) in [6.45, 7) is 1.36. The van der Waals surface area contributed by atoms with Gasteiger partial charge in [-0.25, -0.2) is 9.18 Å². The predicted octanol–water partition coefficient (Wildman–Crippen LogP) is 3.81. The highest BCUT2D eigenvalue weighted by molar-refractivity contribution is 6.31. The lowest BCUT2D eigenvalue weighted by Crippen LogP contribution is -2.33. The Labute approximate surface area is 161 Å². The third-order valence-corrected chi connectivity index (χ3v) is 5.28. The van der Waals surface area contributed by atoms with E-state index in [2.05, 4.69) is 5.32 Å². The summed E-state index contributed by atoms with van der Waals surface area (Å²) >= 11 is 6.14. The Balaban J connectivity index is 1.55. The average Bonchev–Trinajstić information content (AvgIpc) is 3.41. The summed E-state index contributed by atoms with van der Waals surface area (Å²) in [5, 5.41) is 3.07. The highest BCUT2D eigenvalue weighted by Gasteiger charge is 2.34. The van der Waals surface area contributed by atoms with Crippen molar-refractivity contribution >= 4 is 29.2 Å². The van der Waals surface area contributed by atoms with E-state index in [0.29, 0.717) is 29.2 Å². The Morgan fingerprint density at radius 1 is 1.22 bits per heavy atom. The molecular weight excluding hydrogens is 369 g/mol. The lowest BCUT2D eigenvalue weighted by atomic mass is 10.1. The van der Waals surface area contributed by atoms with E-state index >= 15 is 0 Å². The molecule has 0 atom stereocenters. The van der Waals surface area contributed by atoms with Crippen LogP contribution >= 0.6 is 11.6 Å². The van der Waals surface area contributed by atoms with Crippen molar-refractivity contribution in [2.24, 2.45) is 0 Å². The van der Waals surface area contributed by atoms with E-state index < -0.39 is 5.82 Å². The first-order chi connectivity index (χ1) is 13.0. The second kappa shape index (κ2) is 7.19. The van der Waals surface area contributed by atoms with Gasteiger partial charge in [-0.15, -0.1) is 0 Å². The van der Waals surface area contributed by atoms with E-state index in [-0.39, 0.29) is 24.5 Å². The summed E-state index contributed by atoms with van der Waals surface area (Å²) in [6.07, 6.45) is 1.81. The fourth-order valence-electron chi connectivity index (χ4n) is 3.27. The van der Waals surface area contributed by atoms with Gasteiger partial charge in [-0.2, -0.15) is 0 Å². The molecule has 4 rings (SSSR count). The van der Waals surface area contributed by atoms with E-state index in [4.69, 9.17) is 11.6 Å². The summed E-state index contributed by atoms with van der Waals surface area (Å²) in [5.74, 6) is -0.564. The number of hydrogen-bond acceptors (Lipinski definition) is 2. The number of amides is 3. The van der Waals surface area contributed by atoms with Gasteiger partial charge in [-0.1, -0.05) is 17.7 Å². The SMILES string of the molecule is O=C1NCCN1c1ccc(C(=O)N(Cc2c(F)cccc2Cl)C2CC2)cc1. The van der Waals surface area contributed by atoms with E-state index in [1.165, 1.54) is 6.07 Å². The molecule has 1 heterocycles. The van der Waals surface area contributed by atoms with E-state index in [0.717, 1.165) is 18.5 Å². The van der Waals surface area contributed by atoms with Gasteiger partial charge in [0, 0.05) is 41.0 Å². The number of hydrogen-bond donors (Lipinski definition) is 1. The number of rotatable bonds is 5. The zero-order valence-corrected chi connectivity index (χ0v) is 15.4. The third kappa shape index (κ3) is 3.62. The molecule has 0 unspecified atom stereocenters. The maximum atomic E-state index is 14.2. The zero-order chi connectivity index (χ0) is 19.0. The maximum absolute atomic E-state index is 14.2. The molecule has 1 N–H and O–H groups in total. The molecule has 1 saturated carbocycles. The van der Waals surface area contributed by atoms with Gasteiger partial charge in [-0.3, -0.25) is 9.69 Å². The molecule has 2 aromatic rings. The molecule has 2 fully saturated rings. The monoisotopic (exact) mass is 387 g/mol. The van der Waals surface area contributed by atoms with Crippen LogP contribution in [0.2, 0.25) is 5.02 Å². The van der Waals surface area contributed by atoms with Crippen molar-refractivity contribution in [1.82, 2.24) is 10.2 Å². The van der Waals surface area contributed by atoms with Crippen LogP contribution < -0.4 is 10.2 Å². The highest BCUT2D eigenvalue weighted by Crippen LogP contribution is 2.32. The summed E-state index contributed by atoms with van der Waals surface area (Å²) < 4.78 is 14.2. The number of benzene rings is 2. The normalized spacial score (nSPS) is 16.4. The maximum Gasteiger partial charge on any atom is 0.321 e. The van der Waals surface area contributed by atoms with E-state index in [1.54, 1.807) is 46.2 Å². The van der Waals surface area contributed by atoms with Gasteiger partial charge in [0.1, 0.15) is 5.82 Å². The van der Waals surface area contributed by atoms with Gasteiger partial charge in [-0.05, 0) is 49.2 Å². The Bertz CT molecular complexity index is 863. The van der Waals surface area contributed by atoms with Crippen LogP contribution in [0, 0.1) is 5.82 Å². The summed E-state index contributed by atoms with van der Waals surface area (Å²) in [7, 11) is 0. The second-order valence-corrected chi connectivity index (χ2v) is 7.20. The number of carbonyl (C=O) groups is 2. The first kappa shape index (κ1) is 17.8. The standard InChI is InChI=1S/C20H19ClFN3O2/c21-17-2-1-3-18(22)16(17)12-25(15-8-9-15)19(26)13-4-6-14(7-5-13)24-11-10-23-20(24)27/h1-7,15H,8-12H2,(H,23,27). The summed E-state index contributed by atoms with van der Waals surface area (Å²) in [6, 6.07) is 11.5. The lowest BCUT2D eigenvalue weighted by Gasteiger charge is -2.24. The molecule has 1 aliphatic carbocycles. The number of carbonyl (C=O) groups excluding carboxylic acids is 2. The number of nitrogens with one attached hydrogen (secondary N) is 1. The minimum absolute atomic E-state index is 0.109. The lowest BCUT2D eigenvalue weighted by molar-refractivity contribution is 0.0728. The Morgan fingerprint density at radius 3 is 2.56 bits per heavy atom. The van der Waals surface area contributed by atoms with Crippen molar-refractivity contribution in [2.45, 2.75) is 25.4 Å². The molecule has 0 spiro atoms. The van der Waals surface area contributed by atoms with Gasteiger partial charge < -0.3 is 10.2 Å². The van der Waals surface area contributed by atoms with Crippen molar-refractivity contribution in [3.63, 3.8) is 0 Å².